The second kappa shape index (κ2) is 10.0. The number of hydrogen-bond acceptors (Lipinski definition) is 3. The summed E-state index contributed by atoms with van der Waals surface area (Å²) in [5, 5.41) is 9.50. The predicted octanol–water partition coefficient (Wildman–Crippen LogP) is 3.53. The van der Waals surface area contributed by atoms with Gasteiger partial charge in [0.2, 0.25) is 0 Å². The number of aliphatic imine (C=N–C) groups is 1. The standard InChI is InChI=1S/C19H22N4O2.HI/c1-20-19(23-15-5-2-3-6-15)21-13-14-8-10-16(11-9-14)22-18(24)17-7-4-12-25-17;/h2-4,7-12,15H,5-6,13H2,1H3,(H,22,24)(H2,20,21,23);1H. The second-order valence-corrected chi connectivity index (χ2v) is 5.84. The van der Waals surface area contributed by atoms with Crippen LogP contribution in [0.1, 0.15) is 29.0 Å². The molecule has 26 heavy (non-hydrogen) atoms. The van der Waals surface area contributed by atoms with Crippen LogP contribution in [0.5, 0.6) is 0 Å². The lowest BCUT2D eigenvalue weighted by atomic mass is 10.2. The molecule has 1 aliphatic rings. The van der Waals surface area contributed by atoms with E-state index in [0.29, 0.717) is 18.3 Å². The van der Waals surface area contributed by atoms with Crippen LogP contribution in [0.4, 0.5) is 5.69 Å². The third kappa shape index (κ3) is 5.62. The number of carbonyl (C=O) groups excluding carboxylic acids is 1. The normalized spacial score (nSPS) is 14.0. The second-order valence-electron chi connectivity index (χ2n) is 5.84. The number of nitrogens with zero attached hydrogens (tertiary/aromatic N) is 1. The van der Waals surface area contributed by atoms with Gasteiger partial charge in [-0.25, -0.2) is 0 Å². The van der Waals surface area contributed by atoms with E-state index < -0.39 is 0 Å². The Bertz CT molecular complexity index is 746. The molecule has 0 unspecified atom stereocenters. The number of rotatable bonds is 5. The lowest BCUT2D eigenvalue weighted by molar-refractivity contribution is 0.0996. The molecular weight excluding hydrogens is 443 g/mol. The Labute approximate surface area is 170 Å². The van der Waals surface area contributed by atoms with Gasteiger partial charge in [0.25, 0.3) is 5.91 Å². The van der Waals surface area contributed by atoms with Crippen molar-refractivity contribution in [3.05, 3.63) is 66.1 Å². The minimum atomic E-state index is -0.259. The highest BCUT2D eigenvalue weighted by molar-refractivity contribution is 14.0. The fourth-order valence-corrected chi connectivity index (χ4v) is 2.62. The van der Waals surface area contributed by atoms with Gasteiger partial charge in [0.1, 0.15) is 0 Å². The van der Waals surface area contributed by atoms with Crippen LogP contribution in [0.15, 0.2) is 64.2 Å². The van der Waals surface area contributed by atoms with Gasteiger partial charge in [-0.2, -0.15) is 0 Å². The quantitative estimate of drug-likeness (QED) is 0.273. The molecular formula is C19H23IN4O2. The number of amides is 1. The topological polar surface area (TPSA) is 78.7 Å². The molecule has 6 nitrogen and oxygen atoms in total. The smallest absolute Gasteiger partial charge is 0.291 e. The summed E-state index contributed by atoms with van der Waals surface area (Å²) in [6.45, 7) is 0.659. The Balaban J connectivity index is 0.00000243. The number of hydrogen-bond donors (Lipinski definition) is 3. The molecule has 1 aromatic carbocycles. The highest BCUT2D eigenvalue weighted by Gasteiger charge is 2.11. The Morgan fingerprint density at radius 2 is 1.92 bits per heavy atom. The molecule has 1 aromatic heterocycles. The predicted molar refractivity (Wildman–Crippen MR) is 114 cm³/mol. The molecule has 0 saturated carbocycles. The van der Waals surface area contributed by atoms with Crippen LogP contribution < -0.4 is 16.0 Å². The SMILES string of the molecule is CN=C(NCc1ccc(NC(=O)c2ccco2)cc1)NC1CC=CC1.I. The maximum Gasteiger partial charge on any atom is 0.291 e. The molecule has 7 heteroatoms. The van der Waals surface area contributed by atoms with Crippen molar-refractivity contribution < 1.29 is 9.21 Å². The van der Waals surface area contributed by atoms with Gasteiger partial charge in [0, 0.05) is 25.3 Å². The van der Waals surface area contributed by atoms with E-state index in [1.807, 2.05) is 24.3 Å². The number of nitrogens with one attached hydrogen (secondary N) is 3. The molecule has 0 atom stereocenters. The van der Waals surface area contributed by atoms with Gasteiger partial charge in [-0.1, -0.05) is 24.3 Å². The number of guanidine groups is 1. The molecule has 0 spiro atoms. The molecule has 1 amide bonds. The summed E-state index contributed by atoms with van der Waals surface area (Å²) < 4.78 is 5.08. The summed E-state index contributed by atoms with van der Waals surface area (Å²) >= 11 is 0. The Morgan fingerprint density at radius 1 is 1.19 bits per heavy atom. The minimum Gasteiger partial charge on any atom is -0.459 e. The van der Waals surface area contributed by atoms with Crippen LogP contribution in [0.25, 0.3) is 0 Å². The van der Waals surface area contributed by atoms with E-state index in [2.05, 4.69) is 33.1 Å². The van der Waals surface area contributed by atoms with Crippen molar-refractivity contribution in [2.75, 3.05) is 12.4 Å². The monoisotopic (exact) mass is 466 g/mol. The van der Waals surface area contributed by atoms with Gasteiger partial charge in [-0.15, -0.1) is 24.0 Å². The van der Waals surface area contributed by atoms with E-state index in [0.717, 1.165) is 30.1 Å². The van der Waals surface area contributed by atoms with Crippen molar-refractivity contribution in [2.45, 2.75) is 25.4 Å². The summed E-state index contributed by atoms with van der Waals surface area (Å²) in [5.74, 6) is 0.830. The lowest BCUT2D eigenvalue weighted by Crippen LogP contribution is -2.42. The molecule has 2 aromatic rings. The van der Waals surface area contributed by atoms with Gasteiger partial charge < -0.3 is 20.4 Å². The number of halogens is 1. The first-order valence-electron chi connectivity index (χ1n) is 8.30. The molecule has 3 N–H and O–H groups in total. The Hall–Kier alpha value is -2.29. The Kier molecular flexibility index (Phi) is 7.71. The number of anilines is 1. The summed E-state index contributed by atoms with van der Waals surface area (Å²) in [6, 6.07) is 11.4. The lowest BCUT2D eigenvalue weighted by Gasteiger charge is -2.17. The molecule has 138 valence electrons. The fourth-order valence-electron chi connectivity index (χ4n) is 2.62. The average molecular weight is 466 g/mol. The first-order valence-corrected chi connectivity index (χ1v) is 8.30. The highest BCUT2D eigenvalue weighted by atomic mass is 127. The van der Waals surface area contributed by atoms with Gasteiger partial charge in [0.15, 0.2) is 11.7 Å². The third-order valence-corrected chi connectivity index (χ3v) is 3.99. The van der Waals surface area contributed by atoms with Crippen LogP contribution in [-0.4, -0.2) is 25.0 Å². The zero-order valence-electron chi connectivity index (χ0n) is 14.6. The fraction of sp³-hybridized carbons (Fsp3) is 0.263. The van der Waals surface area contributed by atoms with Crippen molar-refractivity contribution in [3.63, 3.8) is 0 Å². The van der Waals surface area contributed by atoms with E-state index in [9.17, 15) is 4.79 Å². The van der Waals surface area contributed by atoms with E-state index >= 15 is 0 Å². The van der Waals surface area contributed by atoms with Crippen LogP contribution in [-0.2, 0) is 6.54 Å². The summed E-state index contributed by atoms with van der Waals surface area (Å²) in [5.41, 5.74) is 1.83. The van der Waals surface area contributed by atoms with E-state index in [4.69, 9.17) is 4.42 Å². The zero-order chi connectivity index (χ0) is 17.5. The molecule has 3 rings (SSSR count). The van der Waals surface area contributed by atoms with E-state index in [1.54, 1.807) is 19.2 Å². The van der Waals surface area contributed by atoms with Gasteiger partial charge in [-0.05, 0) is 42.7 Å². The van der Waals surface area contributed by atoms with Gasteiger partial charge in [0.05, 0.1) is 6.26 Å². The third-order valence-electron chi connectivity index (χ3n) is 3.99. The highest BCUT2D eigenvalue weighted by Crippen LogP contribution is 2.12. The molecule has 0 aliphatic heterocycles. The van der Waals surface area contributed by atoms with Crippen molar-refractivity contribution in [3.8, 4) is 0 Å². The molecule has 1 aliphatic carbocycles. The van der Waals surface area contributed by atoms with E-state index in [-0.39, 0.29) is 29.9 Å². The van der Waals surface area contributed by atoms with Crippen molar-refractivity contribution in [1.29, 1.82) is 0 Å². The molecule has 1 heterocycles. The largest absolute Gasteiger partial charge is 0.459 e. The number of furan rings is 1. The van der Waals surface area contributed by atoms with Crippen molar-refractivity contribution >= 4 is 41.5 Å². The first-order chi connectivity index (χ1) is 12.2. The van der Waals surface area contributed by atoms with Crippen molar-refractivity contribution in [2.24, 2.45) is 4.99 Å². The van der Waals surface area contributed by atoms with Gasteiger partial charge in [-0.3, -0.25) is 9.79 Å². The Morgan fingerprint density at radius 3 is 2.54 bits per heavy atom. The van der Waals surface area contributed by atoms with Crippen LogP contribution in [0.3, 0.4) is 0 Å². The molecule has 0 saturated heterocycles. The number of benzene rings is 1. The summed E-state index contributed by atoms with van der Waals surface area (Å²) in [7, 11) is 1.77. The first kappa shape index (κ1) is 20.0. The molecule has 0 radical (unpaired) electrons. The zero-order valence-corrected chi connectivity index (χ0v) is 16.9. The number of carbonyl (C=O) groups is 1. The van der Waals surface area contributed by atoms with Crippen molar-refractivity contribution in [1.82, 2.24) is 10.6 Å². The molecule has 0 fully saturated rings. The minimum absolute atomic E-state index is 0. The maximum atomic E-state index is 11.9. The van der Waals surface area contributed by atoms with Crippen LogP contribution >= 0.6 is 24.0 Å². The summed E-state index contributed by atoms with van der Waals surface area (Å²) in [4.78, 5) is 16.2. The maximum absolute atomic E-state index is 11.9. The van der Waals surface area contributed by atoms with Crippen LogP contribution in [0.2, 0.25) is 0 Å². The van der Waals surface area contributed by atoms with Crippen LogP contribution in [0, 0.1) is 0 Å². The van der Waals surface area contributed by atoms with E-state index in [1.165, 1.54) is 6.26 Å². The average Bonchev–Trinajstić information content (AvgIpc) is 3.33. The summed E-state index contributed by atoms with van der Waals surface area (Å²) in [6.07, 6.45) is 7.91. The van der Waals surface area contributed by atoms with Gasteiger partial charge >= 0.3 is 0 Å². The molecule has 0 bridgehead atoms.